The Bertz CT molecular complexity index is 1680. The van der Waals surface area contributed by atoms with Crippen LogP contribution in [0.5, 0.6) is 0 Å². The number of fused-ring (bicyclic) bond motifs is 5. The molecule has 0 spiro atoms. The third kappa shape index (κ3) is 5.58. The highest BCUT2D eigenvalue weighted by Gasteiger charge is 2.50. The van der Waals surface area contributed by atoms with Crippen molar-refractivity contribution in [3.05, 3.63) is 62.9 Å². The number of nitrogens with zero attached hydrogens (tertiary/aromatic N) is 3. The maximum atomic E-state index is 13.9. The summed E-state index contributed by atoms with van der Waals surface area (Å²) in [5.74, 6) is -1.29. The van der Waals surface area contributed by atoms with Crippen molar-refractivity contribution >= 4 is 36.9 Å². The van der Waals surface area contributed by atoms with E-state index in [1.165, 1.54) is 12.5 Å². The first kappa shape index (κ1) is 30.5. The maximum absolute atomic E-state index is 13.9. The second kappa shape index (κ2) is 11.6. The predicted octanol–water partition coefficient (Wildman–Crippen LogP) is 4.56. The van der Waals surface area contributed by atoms with E-state index < -0.39 is 25.6 Å². The molecule has 0 aliphatic carbocycles. The van der Waals surface area contributed by atoms with Gasteiger partial charge in [-0.2, -0.15) is 0 Å². The minimum absolute atomic E-state index is 0.0743. The van der Waals surface area contributed by atoms with E-state index in [1.54, 1.807) is 30.5 Å². The summed E-state index contributed by atoms with van der Waals surface area (Å²) in [5.41, 5.74) is 3.20. The van der Waals surface area contributed by atoms with Crippen molar-refractivity contribution in [3.63, 3.8) is 0 Å². The number of carbonyl (C=O) groups excluding carboxylic acids is 3. The Labute approximate surface area is 252 Å². The average Bonchev–Trinajstić information content (AvgIpc) is 3.33. The van der Waals surface area contributed by atoms with Crippen LogP contribution >= 0.6 is 0 Å². The molecule has 11 heteroatoms. The van der Waals surface area contributed by atoms with Crippen LogP contribution in [0.25, 0.3) is 22.3 Å². The smallest absolute Gasteiger partial charge is 0.355 e. The molecule has 5 rings (SSSR count). The average molecular weight is 605 g/mol. The van der Waals surface area contributed by atoms with Gasteiger partial charge in [0.2, 0.25) is 5.60 Å². The van der Waals surface area contributed by atoms with Crippen LogP contribution < -0.4 is 10.9 Å². The molecule has 1 atom stereocenters. The SMILES string of the molecule is CC[C@@]1(OC(C)=O)C(=O)OCc2c1cc1n(c2=O)Cc2c-1nc1ccccc1c2CC[Si](C)(C)CCCNC(=O)N(C)C. The summed E-state index contributed by atoms with van der Waals surface area (Å²) in [6.45, 7) is 8.63. The summed E-state index contributed by atoms with van der Waals surface area (Å²) < 4.78 is 12.7. The number of amides is 2. The molecule has 4 heterocycles. The Hall–Kier alpha value is -3.99. The van der Waals surface area contributed by atoms with Crippen LogP contribution in [0.2, 0.25) is 25.2 Å². The fourth-order valence-electron chi connectivity index (χ4n) is 6.31. The first-order valence-electron chi connectivity index (χ1n) is 14.9. The van der Waals surface area contributed by atoms with Crippen molar-refractivity contribution in [2.24, 2.45) is 0 Å². The molecule has 0 saturated carbocycles. The zero-order chi connectivity index (χ0) is 31.1. The maximum Gasteiger partial charge on any atom is 0.355 e. The Kier molecular flexibility index (Phi) is 8.21. The second-order valence-corrected chi connectivity index (χ2v) is 17.8. The van der Waals surface area contributed by atoms with Crippen molar-refractivity contribution in [1.29, 1.82) is 0 Å². The number of aryl methyl sites for hydroxylation is 1. The predicted molar refractivity (Wildman–Crippen MR) is 167 cm³/mol. The van der Waals surface area contributed by atoms with E-state index >= 15 is 0 Å². The number of rotatable bonds is 9. The summed E-state index contributed by atoms with van der Waals surface area (Å²) >= 11 is 0. The van der Waals surface area contributed by atoms with Crippen molar-refractivity contribution in [1.82, 2.24) is 19.8 Å². The molecule has 10 nitrogen and oxygen atoms in total. The Balaban J connectivity index is 1.51. The van der Waals surface area contributed by atoms with Crippen LogP contribution in [0.15, 0.2) is 35.1 Å². The number of pyridine rings is 2. The van der Waals surface area contributed by atoms with E-state index in [2.05, 4.69) is 24.5 Å². The van der Waals surface area contributed by atoms with Gasteiger partial charge in [-0.3, -0.25) is 9.59 Å². The molecule has 0 unspecified atom stereocenters. The molecule has 2 amide bonds. The lowest BCUT2D eigenvalue weighted by atomic mass is 9.85. The molecule has 2 aromatic heterocycles. The van der Waals surface area contributed by atoms with Gasteiger partial charge in [0.05, 0.1) is 29.0 Å². The second-order valence-electron chi connectivity index (χ2n) is 12.5. The molecule has 1 N–H and O–H groups in total. The van der Waals surface area contributed by atoms with Crippen LogP contribution in [0.1, 0.15) is 48.9 Å². The van der Waals surface area contributed by atoms with E-state index in [-0.39, 0.29) is 24.6 Å². The van der Waals surface area contributed by atoms with Crippen molar-refractivity contribution in [2.45, 2.75) is 77.0 Å². The number of nitrogens with one attached hydrogen (secondary N) is 1. The lowest BCUT2D eigenvalue weighted by molar-refractivity contribution is -0.188. The third-order valence-electron chi connectivity index (χ3n) is 8.76. The number of aromatic nitrogens is 2. The Morgan fingerprint density at radius 1 is 1.16 bits per heavy atom. The molecular formula is C32H40N4O6Si. The van der Waals surface area contributed by atoms with Crippen molar-refractivity contribution in [3.8, 4) is 11.4 Å². The van der Waals surface area contributed by atoms with E-state index in [1.807, 2.05) is 24.3 Å². The largest absolute Gasteiger partial charge is 0.457 e. The van der Waals surface area contributed by atoms with E-state index in [4.69, 9.17) is 14.5 Å². The quantitative estimate of drug-likeness (QED) is 0.169. The van der Waals surface area contributed by atoms with Gasteiger partial charge in [-0.25, -0.2) is 14.6 Å². The molecule has 43 heavy (non-hydrogen) atoms. The van der Waals surface area contributed by atoms with Gasteiger partial charge in [0, 0.05) is 52.2 Å². The molecule has 228 valence electrons. The molecular weight excluding hydrogens is 564 g/mol. The number of urea groups is 1. The summed E-state index contributed by atoms with van der Waals surface area (Å²) in [7, 11) is 1.85. The van der Waals surface area contributed by atoms with Gasteiger partial charge < -0.3 is 24.3 Å². The molecule has 0 fully saturated rings. The zero-order valence-electron chi connectivity index (χ0n) is 25.8. The van der Waals surface area contributed by atoms with Crippen molar-refractivity contribution in [2.75, 3.05) is 20.6 Å². The van der Waals surface area contributed by atoms with Gasteiger partial charge in [-0.05, 0) is 37.0 Å². The van der Waals surface area contributed by atoms with Crippen LogP contribution in [-0.4, -0.2) is 61.1 Å². The number of hydrogen-bond acceptors (Lipinski definition) is 7. The summed E-state index contributed by atoms with van der Waals surface area (Å²) in [6, 6.07) is 11.9. The monoisotopic (exact) mass is 604 g/mol. The highest BCUT2D eigenvalue weighted by atomic mass is 28.3. The number of benzene rings is 1. The van der Waals surface area contributed by atoms with Gasteiger partial charge >= 0.3 is 18.0 Å². The van der Waals surface area contributed by atoms with Crippen LogP contribution in [0, 0.1) is 0 Å². The Morgan fingerprint density at radius 3 is 2.60 bits per heavy atom. The molecule has 0 radical (unpaired) electrons. The summed E-state index contributed by atoms with van der Waals surface area (Å²) in [4.78, 5) is 57.5. The number of hydrogen-bond donors (Lipinski definition) is 1. The molecule has 0 bridgehead atoms. The summed E-state index contributed by atoms with van der Waals surface area (Å²) in [5, 5.41) is 4.04. The number of para-hydroxylation sites is 1. The van der Waals surface area contributed by atoms with E-state index in [9.17, 15) is 19.2 Å². The first-order valence-corrected chi connectivity index (χ1v) is 18.3. The molecule has 3 aromatic rings. The van der Waals surface area contributed by atoms with E-state index in [0.717, 1.165) is 47.1 Å². The number of carbonyl (C=O) groups is 3. The first-order chi connectivity index (χ1) is 20.4. The minimum Gasteiger partial charge on any atom is -0.457 e. The van der Waals surface area contributed by atoms with Gasteiger partial charge in [0.15, 0.2) is 0 Å². The fourth-order valence-corrected chi connectivity index (χ4v) is 8.62. The highest BCUT2D eigenvalue weighted by Crippen LogP contribution is 2.42. The molecule has 2 aliphatic heterocycles. The molecule has 0 saturated heterocycles. The topological polar surface area (TPSA) is 120 Å². The third-order valence-corrected chi connectivity index (χ3v) is 12.1. The zero-order valence-corrected chi connectivity index (χ0v) is 26.8. The number of cyclic esters (lactones) is 1. The Morgan fingerprint density at radius 2 is 1.91 bits per heavy atom. The molecule has 1 aromatic carbocycles. The molecule has 2 aliphatic rings. The van der Waals surface area contributed by atoms with Crippen molar-refractivity contribution < 1.29 is 23.9 Å². The van der Waals surface area contributed by atoms with Crippen LogP contribution in [-0.2, 0) is 44.2 Å². The lowest BCUT2D eigenvalue weighted by Gasteiger charge is -2.35. The van der Waals surface area contributed by atoms with Gasteiger partial charge in [-0.15, -0.1) is 0 Å². The fraction of sp³-hybridized carbons (Fsp3) is 0.469. The lowest BCUT2D eigenvalue weighted by Crippen LogP contribution is -2.47. The normalized spacial score (nSPS) is 17.1. The highest BCUT2D eigenvalue weighted by molar-refractivity contribution is 6.77. The van der Waals surface area contributed by atoms with Gasteiger partial charge in [0.1, 0.15) is 6.61 Å². The minimum atomic E-state index is -1.67. The number of ether oxygens (including phenoxy) is 2. The summed E-state index contributed by atoms with van der Waals surface area (Å²) in [6.07, 6.45) is 1.93. The number of esters is 2. The van der Waals surface area contributed by atoms with E-state index in [0.29, 0.717) is 29.9 Å². The van der Waals surface area contributed by atoms with Gasteiger partial charge in [0.25, 0.3) is 5.56 Å². The standard InChI is InChI=1S/C32H40N4O6Si/c1-7-32(42-20(2)37)25-17-27-28-23(18-36(27)29(38)24(25)19-41-30(32)39)21(22-11-8-9-12-26(22)34-28)13-16-43(5,6)15-10-14-33-31(40)35(3)4/h8-9,11-12,17H,7,10,13-16,18-19H2,1-6H3,(H,33,40)/t32-/m0/s1. The van der Waals surface area contributed by atoms with Gasteiger partial charge in [-0.1, -0.05) is 50.3 Å². The van der Waals surface area contributed by atoms with Crippen LogP contribution in [0.3, 0.4) is 0 Å². The van der Waals surface area contributed by atoms with Crippen LogP contribution in [0.4, 0.5) is 4.79 Å².